The molecule has 124 valence electrons. The summed E-state index contributed by atoms with van der Waals surface area (Å²) in [5.41, 5.74) is 1.99. The molecule has 1 aromatic rings. The van der Waals surface area contributed by atoms with Gasteiger partial charge in [-0.15, -0.1) is 0 Å². The zero-order valence-corrected chi connectivity index (χ0v) is 13.7. The van der Waals surface area contributed by atoms with Crippen molar-refractivity contribution in [2.75, 3.05) is 33.9 Å². The summed E-state index contributed by atoms with van der Waals surface area (Å²) in [6.45, 7) is 3.30. The predicted molar refractivity (Wildman–Crippen MR) is 79.7 cm³/mol. The van der Waals surface area contributed by atoms with Crippen molar-refractivity contribution in [1.82, 2.24) is 19.4 Å². The van der Waals surface area contributed by atoms with Crippen molar-refractivity contribution in [3.8, 4) is 0 Å². The minimum atomic E-state index is -3.49. The molecule has 0 amide bonds. The van der Waals surface area contributed by atoms with Gasteiger partial charge in [-0.2, -0.15) is 5.10 Å². The Balaban J connectivity index is 1.69. The fourth-order valence-electron chi connectivity index (χ4n) is 2.88. The van der Waals surface area contributed by atoms with E-state index in [1.54, 1.807) is 6.20 Å². The normalized spacial score (nSPS) is 26.3. The summed E-state index contributed by atoms with van der Waals surface area (Å²) < 4.78 is 39.9. The highest BCUT2D eigenvalue weighted by molar-refractivity contribution is 7.90. The largest absolute Gasteiger partial charge is 0.378 e. The molecule has 3 rings (SSSR count). The zero-order chi connectivity index (χ0) is 15.7. The average molecular weight is 330 g/mol. The minimum absolute atomic E-state index is 0.169. The van der Waals surface area contributed by atoms with Gasteiger partial charge < -0.3 is 9.47 Å². The van der Waals surface area contributed by atoms with Gasteiger partial charge in [0.25, 0.3) is 0 Å². The molecule has 2 aliphatic rings. The molecule has 2 atom stereocenters. The SMILES string of the molecule is COC1COCC1S(=O)(=O)NCc1cnn2c1CN(C)CC2. The Morgan fingerprint density at radius 3 is 3.05 bits per heavy atom. The molecule has 2 aliphatic heterocycles. The van der Waals surface area contributed by atoms with Crippen molar-refractivity contribution >= 4 is 10.0 Å². The molecule has 3 heterocycles. The van der Waals surface area contributed by atoms with Gasteiger partial charge in [-0.25, -0.2) is 13.1 Å². The Kier molecular flexibility index (Phi) is 4.51. The fourth-order valence-corrected chi connectivity index (χ4v) is 4.32. The van der Waals surface area contributed by atoms with Crippen molar-refractivity contribution in [3.05, 3.63) is 17.5 Å². The summed E-state index contributed by atoms with van der Waals surface area (Å²) in [6.07, 6.45) is 1.33. The van der Waals surface area contributed by atoms with Gasteiger partial charge in [0.2, 0.25) is 10.0 Å². The molecule has 0 saturated carbocycles. The van der Waals surface area contributed by atoms with E-state index in [9.17, 15) is 8.42 Å². The lowest BCUT2D eigenvalue weighted by Gasteiger charge is -2.24. The van der Waals surface area contributed by atoms with Crippen molar-refractivity contribution in [3.63, 3.8) is 0 Å². The number of aromatic nitrogens is 2. The number of likely N-dealkylation sites (N-methyl/N-ethyl adjacent to an activating group) is 1. The maximum atomic E-state index is 12.4. The first kappa shape index (κ1) is 15.9. The predicted octanol–water partition coefficient (Wildman–Crippen LogP) is -0.838. The lowest BCUT2D eigenvalue weighted by molar-refractivity contribution is 0.0828. The molecular formula is C13H22N4O4S. The minimum Gasteiger partial charge on any atom is -0.378 e. The fraction of sp³-hybridized carbons (Fsp3) is 0.769. The highest BCUT2D eigenvalue weighted by Gasteiger charge is 2.38. The van der Waals surface area contributed by atoms with Crippen LogP contribution in [-0.4, -0.2) is 68.4 Å². The number of sulfonamides is 1. The molecule has 1 N–H and O–H groups in total. The zero-order valence-electron chi connectivity index (χ0n) is 12.9. The average Bonchev–Trinajstić information content (AvgIpc) is 3.11. The number of methoxy groups -OCH3 is 1. The number of hydrogen-bond donors (Lipinski definition) is 1. The Morgan fingerprint density at radius 1 is 1.45 bits per heavy atom. The molecule has 1 fully saturated rings. The van der Waals surface area contributed by atoms with Gasteiger partial charge in [0, 0.05) is 32.3 Å². The van der Waals surface area contributed by atoms with Gasteiger partial charge in [0.05, 0.1) is 31.6 Å². The molecule has 1 aromatic heterocycles. The smallest absolute Gasteiger partial charge is 0.219 e. The van der Waals surface area contributed by atoms with E-state index in [4.69, 9.17) is 9.47 Å². The first-order chi connectivity index (χ1) is 10.5. The second kappa shape index (κ2) is 6.25. The van der Waals surface area contributed by atoms with Crippen LogP contribution >= 0.6 is 0 Å². The van der Waals surface area contributed by atoms with Crippen LogP contribution in [0.1, 0.15) is 11.3 Å². The summed E-state index contributed by atoms with van der Waals surface area (Å²) >= 11 is 0. The van der Waals surface area contributed by atoms with E-state index in [1.165, 1.54) is 7.11 Å². The first-order valence-electron chi connectivity index (χ1n) is 7.32. The number of nitrogens with one attached hydrogen (secondary N) is 1. The summed E-state index contributed by atoms with van der Waals surface area (Å²) in [4.78, 5) is 2.20. The van der Waals surface area contributed by atoms with Crippen molar-refractivity contribution in [2.45, 2.75) is 31.0 Å². The topological polar surface area (TPSA) is 85.7 Å². The van der Waals surface area contributed by atoms with E-state index in [1.807, 2.05) is 11.7 Å². The van der Waals surface area contributed by atoms with E-state index in [0.29, 0.717) is 6.61 Å². The standard InChI is InChI=1S/C13H22N4O4S/c1-16-3-4-17-11(7-16)10(5-14-17)6-15-22(18,19)13-9-21-8-12(13)20-2/h5,12-13,15H,3-4,6-9H2,1-2H3. The van der Waals surface area contributed by atoms with E-state index >= 15 is 0 Å². The van der Waals surface area contributed by atoms with E-state index < -0.39 is 21.4 Å². The number of rotatable bonds is 5. The van der Waals surface area contributed by atoms with Crippen LogP contribution in [0.3, 0.4) is 0 Å². The van der Waals surface area contributed by atoms with Gasteiger partial charge in [0.1, 0.15) is 11.4 Å². The highest BCUT2D eigenvalue weighted by Crippen LogP contribution is 2.19. The van der Waals surface area contributed by atoms with Gasteiger partial charge in [-0.05, 0) is 7.05 Å². The molecule has 0 spiro atoms. The molecule has 1 saturated heterocycles. The van der Waals surface area contributed by atoms with Crippen LogP contribution in [0.2, 0.25) is 0 Å². The van der Waals surface area contributed by atoms with E-state index in [0.717, 1.165) is 30.9 Å². The lowest BCUT2D eigenvalue weighted by atomic mass is 10.2. The third kappa shape index (κ3) is 3.04. The van der Waals surface area contributed by atoms with Crippen LogP contribution in [0.25, 0.3) is 0 Å². The van der Waals surface area contributed by atoms with Crippen molar-refractivity contribution < 1.29 is 17.9 Å². The number of nitrogens with zero attached hydrogens (tertiary/aromatic N) is 3. The van der Waals surface area contributed by atoms with Gasteiger partial charge in [0.15, 0.2) is 0 Å². The molecule has 2 unspecified atom stereocenters. The first-order valence-corrected chi connectivity index (χ1v) is 8.87. The summed E-state index contributed by atoms with van der Waals surface area (Å²) in [7, 11) is 0.0629. The van der Waals surface area contributed by atoms with Crippen LogP contribution in [0.5, 0.6) is 0 Å². The molecule has 0 radical (unpaired) electrons. The Bertz CT molecular complexity index is 630. The molecule has 9 heteroatoms. The van der Waals surface area contributed by atoms with E-state index in [2.05, 4.69) is 14.7 Å². The number of fused-ring (bicyclic) bond motifs is 1. The van der Waals surface area contributed by atoms with Crippen LogP contribution in [-0.2, 0) is 39.1 Å². The molecular weight excluding hydrogens is 308 g/mol. The Hall–Kier alpha value is -1.00. The lowest BCUT2D eigenvalue weighted by Crippen LogP contribution is -2.41. The Morgan fingerprint density at radius 2 is 2.27 bits per heavy atom. The maximum absolute atomic E-state index is 12.4. The van der Waals surface area contributed by atoms with Gasteiger partial charge >= 0.3 is 0 Å². The molecule has 0 aromatic carbocycles. The quantitative estimate of drug-likeness (QED) is 0.758. The summed E-state index contributed by atoms with van der Waals surface area (Å²) in [5, 5.41) is 3.67. The van der Waals surface area contributed by atoms with Crippen molar-refractivity contribution in [2.24, 2.45) is 0 Å². The van der Waals surface area contributed by atoms with Gasteiger partial charge in [-0.3, -0.25) is 9.58 Å². The summed E-state index contributed by atoms with van der Waals surface area (Å²) in [6, 6.07) is 0. The molecule has 0 aliphatic carbocycles. The Labute approximate surface area is 130 Å². The van der Waals surface area contributed by atoms with Crippen LogP contribution in [0, 0.1) is 0 Å². The van der Waals surface area contributed by atoms with Crippen molar-refractivity contribution in [1.29, 1.82) is 0 Å². The molecule has 22 heavy (non-hydrogen) atoms. The van der Waals surface area contributed by atoms with Crippen LogP contribution in [0.15, 0.2) is 6.20 Å². The van der Waals surface area contributed by atoms with Crippen LogP contribution < -0.4 is 4.72 Å². The molecule has 0 bridgehead atoms. The highest BCUT2D eigenvalue weighted by atomic mass is 32.2. The maximum Gasteiger partial charge on any atom is 0.219 e. The summed E-state index contributed by atoms with van der Waals surface area (Å²) in [5.74, 6) is 0. The third-order valence-electron chi connectivity index (χ3n) is 4.29. The van der Waals surface area contributed by atoms with E-state index in [-0.39, 0.29) is 13.2 Å². The monoisotopic (exact) mass is 330 g/mol. The second-order valence-corrected chi connectivity index (χ2v) is 7.78. The second-order valence-electron chi connectivity index (χ2n) is 5.79. The van der Waals surface area contributed by atoms with Gasteiger partial charge in [-0.1, -0.05) is 0 Å². The number of ether oxygens (including phenoxy) is 2. The van der Waals surface area contributed by atoms with Crippen LogP contribution in [0.4, 0.5) is 0 Å². The number of hydrogen-bond acceptors (Lipinski definition) is 6. The third-order valence-corrected chi connectivity index (χ3v) is 6.08. The molecule has 8 nitrogen and oxygen atoms in total.